The van der Waals surface area contributed by atoms with Crippen LogP contribution in [-0.2, 0) is 24.2 Å². The molecule has 0 saturated carbocycles. The Morgan fingerprint density at radius 3 is 3.12 bits per heavy atom. The molecule has 0 saturated heterocycles. The molecule has 0 amide bonds. The maximum Gasteiger partial charge on any atom is 0.138 e. The van der Waals surface area contributed by atoms with E-state index in [9.17, 15) is 0 Å². The fourth-order valence-electron chi connectivity index (χ4n) is 3.26. The summed E-state index contributed by atoms with van der Waals surface area (Å²) in [6.07, 6.45) is 5.21. The quantitative estimate of drug-likeness (QED) is 0.653. The van der Waals surface area contributed by atoms with Crippen LogP contribution in [0.1, 0.15) is 22.4 Å². The maximum atomic E-state index is 5.77. The predicted molar refractivity (Wildman–Crippen MR) is 101 cm³/mol. The number of aryl methyl sites for hydroxylation is 2. The second kappa shape index (κ2) is 7.37. The second-order valence-corrected chi connectivity index (χ2v) is 7.17. The van der Waals surface area contributed by atoms with Crippen molar-refractivity contribution >= 4 is 27.4 Å². The molecule has 3 aromatic rings. The number of methoxy groups -OCH3 is 1. The zero-order valence-corrected chi connectivity index (χ0v) is 15.1. The smallest absolute Gasteiger partial charge is 0.138 e. The summed E-state index contributed by atoms with van der Waals surface area (Å²) in [7, 11) is 1.67. The molecule has 0 atom stereocenters. The third kappa shape index (κ3) is 3.45. The van der Waals surface area contributed by atoms with E-state index >= 15 is 0 Å². The summed E-state index contributed by atoms with van der Waals surface area (Å²) in [4.78, 5) is 11.5. The molecule has 0 aliphatic heterocycles. The van der Waals surface area contributed by atoms with Gasteiger partial charge in [-0.05, 0) is 42.5 Å². The van der Waals surface area contributed by atoms with Gasteiger partial charge in [0.2, 0.25) is 0 Å². The van der Waals surface area contributed by atoms with E-state index in [4.69, 9.17) is 9.47 Å². The minimum Gasteiger partial charge on any atom is -0.497 e. The topological polar surface area (TPSA) is 56.3 Å². The van der Waals surface area contributed by atoms with Crippen LogP contribution in [0.5, 0.6) is 5.75 Å². The lowest BCUT2D eigenvalue weighted by molar-refractivity contribution is 0.130. The summed E-state index contributed by atoms with van der Waals surface area (Å²) in [5, 5.41) is 4.63. The van der Waals surface area contributed by atoms with Gasteiger partial charge in [-0.2, -0.15) is 0 Å². The number of hydrogen-bond acceptors (Lipinski definition) is 6. The van der Waals surface area contributed by atoms with Crippen LogP contribution in [0.25, 0.3) is 10.2 Å². The Balaban J connectivity index is 1.34. The van der Waals surface area contributed by atoms with Crippen molar-refractivity contribution in [1.82, 2.24) is 9.97 Å². The molecule has 0 bridgehead atoms. The summed E-state index contributed by atoms with van der Waals surface area (Å²) in [5.41, 5.74) is 2.56. The summed E-state index contributed by atoms with van der Waals surface area (Å²) < 4.78 is 11.0. The van der Waals surface area contributed by atoms with Crippen molar-refractivity contribution in [3.8, 4) is 5.75 Å². The lowest BCUT2D eigenvalue weighted by Crippen LogP contribution is -2.11. The summed E-state index contributed by atoms with van der Waals surface area (Å²) in [6.45, 7) is 1.92. The zero-order chi connectivity index (χ0) is 17.1. The molecule has 6 heteroatoms. The highest BCUT2D eigenvalue weighted by Gasteiger charge is 2.20. The van der Waals surface area contributed by atoms with E-state index in [0.717, 1.165) is 34.9 Å². The first kappa shape index (κ1) is 16.3. The van der Waals surface area contributed by atoms with Gasteiger partial charge in [-0.25, -0.2) is 9.97 Å². The SMILES string of the molecule is COc1cccc(COCCNc2ncnc3sc4c(c23)CCC4)c1. The summed E-state index contributed by atoms with van der Waals surface area (Å²) in [5.74, 6) is 1.79. The number of aromatic nitrogens is 2. The normalized spacial score (nSPS) is 13.2. The van der Waals surface area contributed by atoms with Crippen LogP contribution in [0, 0.1) is 0 Å². The number of thiophene rings is 1. The average molecular weight is 355 g/mol. The van der Waals surface area contributed by atoms with Gasteiger partial charge in [-0.3, -0.25) is 0 Å². The van der Waals surface area contributed by atoms with Crippen LogP contribution < -0.4 is 10.1 Å². The monoisotopic (exact) mass is 355 g/mol. The minimum atomic E-state index is 0.575. The Labute approximate surface area is 151 Å². The highest BCUT2D eigenvalue weighted by molar-refractivity contribution is 7.19. The molecule has 2 heterocycles. The van der Waals surface area contributed by atoms with E-state index in [0.29, 0.717) is 13.2 Å². The zero-order valence-electron chi connectivity index (χ0n) is 14.2. The van der Waals surface area contributed by atoms with Crippen LogP contribution in [0.3, 0.4) is 0 Å². The molecule has 1 aliphatic rings. The first-order valence-corrected chi connectivity index (χ1v) is 9.36. The standard InChI is InChI=1S/C19H21N3O2S/c1-23-14-5-2-4-13(10-14)11-24-9-8-20-18-17-15-6-3-7-16(15)25-19(17)22-12-21-18/h2,4-5,10,12H,3,6-9,11H2,1H3,(H,20,21,22). The summed E-state index contributed by atoms with van der Waals surface area (Å²) in [6, 6.07) is 7.95. The van der Waals surface area contributed by atoms with Crippen LogP contribution >= 0.6 is 11.3 Å². The predicted octanol–water partition coefficient (Wildman–Crippen LogP) is 3.82. The molecular weight excluding hydrogens is 334 g/mol. The Bertz CT molecular complexity index is 878. The first-order valence-electron chi connectivity index (χ1n) is 8.55. The van der Waals surface area contributed by atoms with Gasteiger partial charge in [0.15, 0.2) is 0 Å². The minimum absolute atomic E-state index is 0.575. The van der Waals surface area contributed by atoms with Gasteiger partial charge in [0, 0.05) is 11.4 Å². The molecular formula is C19H21N3O2S. The van der Waals surface area contributed by atoms with Crippen LogP contribution in [0.4, 0.5) is 5.82 Å². The molecule has 1 aromatic carbocycles. The molecule has 1 N–H and O–H groups in total. The van der Waals surface area contributed by atoms with Crippen molar-refractivity contribution < 1.29 is 9.47 Å². The van der Waals surface area contributed by atoms with Gasteiger partial charge < -0.3 is 14.8 Å². The number of anilines is 1. The van der Waals surface area contributed by atoms with E-state index in [-0.39, 0.29) is 0 Å². The number of fused-ring (bicyclic) bond motifs is 3. The summed E-state index contributed by atoms with van der Waals surface area (Å²) >= 11 is 1.81. The van der Waals surface area contributed by atoms with Crippen LogP contribution in [-0.4, -0.2) is 30.2 Å². The van der Waals surface area contributed by atoms with Crippen molar-refractivity contribution in [2.24, 2.45) is 0 Å². The molecule has 1 aliphatic carbocycles. The van der Waals surface area contributed by atoms with E-state index in [1.807, 2.05) is 35.6 Å². The molecule has 0 fully saturated rings. The van der Waals surface area contributed by atoms with E-state index in [1.54, 1.807) is 13.4 Å². The third-order valence-electron chi connectivity index (χ3n) is 4.44. The van der Waals surface area contributed by atoms with Gasteiger partial charge in [-0.1, -0.05) is 12.1 Å². The number of nitrogens with one attached hydrogen (secondary N) is 1. The highest BCUT2D eigenvalue weighted by atomic mass is 32.1. The lowest BCUT2D eigenvalue weighted by Gasteiger charge is -2.09. The Morgan fingerprint density at radius 2 is 2.20 bits per heavy atom. The fraction of sp³-hybridized carbons (Fsp3) is 0.368. The average Bonchev–Trinajstić information content (AvgIpc) is 3.22. The second-order valence-electron chi connectivity index (χ2n) is 6.09. The fourth-order valence-corrected chi connectivity index (χ4v) is 4.49. The van der Waals surface area contributed by atoms with Gasteiger partial charge in [0.25, 0.3) is 0 Å². The maximum absolute atomic E-state index is 5.77. The molecule has 0 radical (unpaired) electrons. The molecule has 4 rings (SSSR count). The van der Waals surface area contributed by atoms with Crippen molar-refractivity contribution in [2.45, 2.75) is 25.9 Å². The van der Waals surface area contributed by atoms with Gasteiger partial charge in [0.1, 0.15) is 22.7 Å². The highest BCUT2D eigenvalue weighted by Crippen LogP contribution is 2.38. The molecule has 25 heavy (non-hydrogen) atoms. The van der Waals surface area contributed by atoms with E-state index in [2.05, 4.69) is 15.3 Å². The molecule has 2 aromatic heterocycles. The van der Waals surface area contributed by atoms with Gasteiger partial charge >= 0.3 is 0 Å². The third-order valence-corrected chi connectivity index (χ3v) is 5.64. The molecule has 130 valence electrons. The van der Waals surface area contributed by atoms with Crippen molar-refractivity contribution in [3.05, 3.63) is 46.6 Å². The van der Waals surface area contributed by atoms with Crippen LogP contribution in [0.2, 0.25) is 0 Å². The van der Waals surface area contributed by atoms with Gasteiger partial charge in [0.05, 0.1) is 25.7 Å². The Kier molecular flexibility index (Phi) is 4.81. The van der Waals surface area contributed by atoms with Crippen molar-refractivity contribution in [2.75, 3.05) is 25.6 Å². The van der Waals surface area contributed by atoms with E-state index in [1.165, 1.54) is 28.7 Å². The molecule has 0 unspecified atom stereocenters. The van der Waals surface area contributed by atoms with Crippen molar-refractivity contribution in [1.29, 1.82) is 0 Å². The Hall–Kier alpha value is -2.18. The van der Waals surface area contributed by atoms with E-state index < -0.39 is 0 Å². The van der Waals surface area contributed by atoms with Crippen LogP contribution in [0.15, 0.2) is 30.6 Å². The number of benzene rings is 1. The number of nitrogens with zero attached hydrogens (tertiary/aromatic N) is 2. The number of rotatable bonds is 7. The Morgan fingerprint density at radius 1 is 1.24 bits per heavy atom. The molecule has 5 nitrogen and oxygen atoms in total. The molecule has 0 spiro atoms. The lowest BCUT2D eigenvalue weighted by atomic mass is 10.2. The number of hydrogen-bond donors (Lipinski definition) is 1. The van der Waals surface area contributed by atoms with Crippen molar-refractivity contribution in [3.63, 3.8) is 0 Å². The first-order chi connectivity index (χ1) is 12.3. The number of ether oxygens (including phenoxy) is 2. The largest absolute Gasteiger partial charge is 0.497 e. The van der Waals surface area contributed by atoms with Gasteiger partial charge in [-0.15, -0.1) is 11.3 Å².